The molecule has 1 saturated carbocycles. The zero-order chi connectivity index (χ0) is 17.2. The Morgan fingerprint density at radius 3 is 2.54 bits per heavy atom. The Labute approximate surface area is 148 Å². The van der Waals surface area contributed by atoms with Crippen LogP contribution in [0, 0.1) is 0 Å². The minimum absolute atomic E-state index is 0.0825. The second-order valence-corrected chi connectivity index (χ2v) is 7.26. The molecule has 24 heavy (non-hydrogen) atoms. The number of benzene rings is 1. The Morgan fingerprint density at radius 2 is 1.92 bits per heavy atom. The number of carbonyl (C=O) groups is 2. The van der Waals surface area contributed by atoms with Crippen LogP contribution in [0.5, 0.6) is 0 Å². The number of carbonyl (C=O) groups excluding carboxylic acids is 1. The van der Waals surface area contributed by atoms with Crippen LogP contribution < -0.4 is 5.32 Å². The maximum Gasteiger partial charge on any atom is 0.329 e. The van der Waals surface area contributed by atoms with E-state index in [0.717, 1.165) is 23.4 Å². The number of aromatic nitrogens is 1. The molecule has 1 aromatic carbocycles. The Bertz CT molecular complexity index is 751. The van der Waals surface area contributed by atoms with Gasteiger partial charge >= 0.3 is 5.97 Å². The number of carboxylic acid groups (broad SMARTS) is 1. The zero-order valence-corrected chi connectivity index (χ0v) is 14.5. The normalized spacial score (nSPS) is 16.0. The molecule has 3 rings (SSSR count). The van der Waals surface area contributed by atoms with Gasteiger partial charge < -0.3 is 10.4 Å². The van der Waals surface area contributed by atoms with Crippen molar-refractivity contribution < 1.29 is 14.7 Å². The van der Waals surface area contributed by atoms with E-state index in [1.54, 1.807) is 12.1 Å². The molecular weight excluding hydrogens is 348 g/mol. The summed E-state index contributed by atoms with van der Waals surface area (Å²) in [6.07, 6.45) is 2.70. The van der Waals surface area contributed by atoms with Gasteiger partial charge in [0.05, 0.1) is 12.1 Å². The highest BCUT2D eigenvalue weighted by molar-refractivity contribution is 7.13. The van der Waals surface area contributed by atoms with Gasteiger partial charge in [-0.3, -0.25) is 4.79 Å². The van der Waals surface area contributed by atoms with Gasteiger partial charge in [-0.05, 0) is 25.0 Å². The summed E-state index contributed by atoms with van der Waals surface area (Å²) in [5.74, 6) is -1.25. The monoisotopic (exact) mass is 364 g/mol. The van der Waals surface area contributed by atoms with Crippen molar-refractivity contribution in [3.63, 3.8) is 0 Å². The van der Waals surface area contributed by atoms with E-state index in [-0.39, 0.29) is 12.3 Å². The van der Waals surface area contributed by atoms with E-state index in [9.17, 15) is 14.7 Å². The number of hydrogen-bond acceptors (Lipinski definition) is 4. The summed E-state index contributed by atoms with van der Waals surface area (Å²) in [6, 6.07) is 7.34. The average Bonchev–Trinajstić information content (AvgIpc) is 3.18. The molecule has 1 aliphatic carbocycles. The van der Waals surface area contributed by atoms with Crippen LogP contribution in [-0.4, -0.2) is 27.5 Å². The summed E-state index contributed by atoms with van der Waals surface area (Å²) in [5, 5.41) is 15.4. The molecule has 0 spiro atoms. The first-order valence-corrected chi connectivity index (χ1v) is 8.99. The fraction of sp³-hybridized carbons (Fsp3) is 0.353. The van der Waals surface area contributed by atoms with Crippen molar-refractivity contribution in [2.24, 2.45) is 0 Å². The van der Waals surface area contributed by atoms with Gasteiger partial charge in [0, 0.05) is 16.0 Å². The number of thiazole rings is 1. The average molecular weight is 365 g/mol. The number of carboxylic acids is 1. The van der Waals surface area contributed by atoms with Crippen LogP contribution in [0.25, 0.3) is 10.6 Å². The molecule has 2 N–H and O–H groups in total. The number of hydrogen-bond donors (Lipinski definition) is 2. The predicted octanol–water partition coefficient (Wildman–Crippen LogP) is 3.52. The largest absolute Gasteiger partial charge is 0.480 e. The van der Waals surface area contributed by atoms with Crippen molar-refractivity contribution in [2.75, 3.05) is 0 Å². The maximum atomic E-state index is 12.2. The quantitative estimate of drug-likeness (QED) is 0.850. The van der Waals surface area contributed by atoms with Crippen LogP contribution in [0.1, 0.15) is 31.4 Å². The van der Waals surface area contributed by atoms with Gasteiger partial charge in [-0.2, -0.15) is 0 Å². The van der Waals surface area contributed by atoms with Gasteiger partial charge in [-0.1, -0.05) is 36.6 Å². The molecule has 1 aliphatic rings. The third kappa shape index (κ3) is 3.60. The van der Waals surface area contributed by atoms with Crippen molar-refractivity contribution in [3.8, 4) is 10.6 Å². The minimum Gasteiger partial charge on any atom is -0.480 e. The summed E-state index contributed by atoms with van der Waals surface area (Å²) in [6.45, 7) is 0. The molecule has 7 heteroatoms. The summed E-state index contributed by atoms with van der Waals surface area (Å²) in [5.41, 5.74) is 0.474. The Balaban J connectivity index is 1.67. The topological polar surface area (TPSA) is 79.3 Å². The van der Waals surface area contributed by atoms with Crippen LogP contribution in [0.4, 0.5) is 0 Å². The van der Waals surface area contributed by atoms with Gasteiger partial charge in [-0.25, -0.2) is 9.78 Å². The molecule has 0 bridgehead atoms. The van der Waals surface area contributed by atoms with Crippen LogP contribution in [0.3, 0.4) is 0 Å². The Morgan fingerprint density at radius 1 is 1.25 bits per heavy atom. The van der Waals surface area contributed by atoms with Gasteiger partial charge in [0.25, 0.3) is 0 Å². The molecule has 1 aromatic heterocycles. The molecule has 5 nitrogen and oxygen atoms in total. The first-order valence-electron chi connectivity index (χ1n) is 7.73. The highest BCUT2D eigenvalue weighted by Gasteiger charge is 2.42. The number of halogens is 1. The van der Waals surface area contributed by atoms with Crippen molar-refractivity contribution in [2.45, 2.75) is 37.6 Å². The summed E-state index contributed by atoms with van der Waals surface area (Å²) in [4.78, 5) is 28.2. The number of nitrogens with one attached hydrogen (secondary N) is 1. The molecule has 0 atom stereocenters. The molecule has 0 radical (unpaired) electrons. The van der Waals surface area contributed by atoms with Crippen LogP contribution in [0.2, 0.25) is 5.02 Å². The highest BCUT2D eigenvalue weighted by atomic mass is 35.5. The molecule has 1 fully saturated rings. The summed E-state index contributed by atoms with van der Waals surface area (Å²) >= 11 is 7.32. The standard InChI is InChI=1S/C17H17ClN2O3S/c18-12-5-3-11(4-6-12)15-19-13(10-24-15)9-14(21)20-17(16(22)23)7-1-2-8-17/h3-6,10H,1-2,7-9H2,(H,20,21)(H,22,23). The van der Waals surface area contributed by atoms with Gasteiger partial charge in [0.2, 0.25) is 5.91 Å². The number of rotatable bonds is 5. The first-order chi connectivity index (χ1) is 11.5. The SMILES string of the molecule is O=C(Cc1csc(-c2ccc(Cl)cc2)n1)NC1(C(=O)O)CCCC1. The second-order valence-electron chi connectivity index (χ2n) is 5.97. The van der Waals surface area contributed by atoms with E-state index in [0.29, 0.717) is 23.6 Å². The van der Waals surface area contributed by atoms with E-state index in [4.69, 9.17) is 11.6 Å². The lowest BCUT2D eigenvalue weighted by atomic mass is 9.97. The fourth-order valence-electron chi connectivity index (χ4n) is 2.96. The predicted molar refractivity (Wildman–Crippen MR) is 93.2 cm³/mol. The molecule has 2 aromatic rings. The zero-order valence-electron chi connectivity index (χ0n) is 12.9. The molecule has 0 aliphatic heterocycles. The lowest BCUT2D eigenvalue weighted by Gasteiger charge is -2.25. The van der Waals surface area contributed by atoms with Crippen LogP contribution in [-0.2, 0) is 16.0 Å². The number of nitrogens with zero attached hydrogens (tertiary/aromatic N) is 1. The molecule has 0 unspecified atom stereocenters. The van der Waals surface area contributed by atoms with Crippen molar-refractivity contribution in [3.05, 3.63) is 40.4 Å². The van der Waals surface area contributed by atoms with Crippen LogP contribution in [0.15, 0.2) is 29.6 Å². The maximum absolute atomic E-state index is 12.2. The van der Waals surface area contributed by atoms with Gasteiger partial charge in [-0.15, -0.1) is 11.3 Å². The van der Waals surface area contributed by atoms with E-state index < -0.39 is 11.5 Å². The smallest absolute Gasteiger partial charge is 0.329 e. The molecule has 1 amide bonds. The lowest BCUT2D eigenvalue weighted by molar-refractivity contribution is -0.147. The highest BCUT2D eigenvalue weighted by Crippen LogP contribution is 2.30. The number of amides is 1. The van der Waals surface area contributed by atoms with Crippen molar-refractivity contribution in [1.29, 1.82) is 0 Å². The first kappa shape index (κ1) is 16.9. The third-order valence-corrected chi connectivity index (χ3v) is 5.42. The molecule has 126 valence electrons. The van der Waals surface area contributed by atoms with Gasteiger partial charge in [0.1, 0.15) is 10.5 Å². The minimum atomic E-state index is -1.11. The second kappa shape index (κ2) is 6.91. The lowest BCUT2D eigenvalue weighted by Crippen LogP contribution is -2.52. The Kier molecular flexibility index (Phi) is 4.87. The van der Waals surface area contributed by atoms with E-state index in [2.05, 4.69) is 10.3 Å². The van der Waals surface area contributed by atoms with E-state index >= 15 is 0 Å². The molecular formula is C17H17ClN2O3S. The third-order valence-electron chi connectivity index (χ3n) is 4.23. The number of aliphatic carboxylic acids is 1. The summed E-state index contributed by atoms with van der Waals surface area (Å²) in [7, 11) is 0. The van der Waals surface area contributed by atoms with Crippen molar-refractivity contribution >= 4 is 34.8 Å². The Hall–Kier alpha value is -1.92. The molecule has 1 heterocycles. The van der Waals surface area contributed by atoms with E-state index in [1.165, 1.54) is 11.3 Å². The van der Waals surface area contributed by atoms with E-state index in [1.807, 2.05) is 17.5 Å². The van der Waals surface area contributed by atoms with Crippen molar-refractivity contribution in [1.82, 2.24) is 10.3 Å². The van der Waals surface area contributed by atoms with Crippen LogP contribution >= 0.6 is 22.9 Å². The summed E-state index contributed by atoms with van der Waals surface area (Å²) < 4.78 is 0. The fourth-order valence-corrected chi connectivity index (χ4v) is 3.91. The molecule has 0 saturated heterocycles. The van der Waals surface area contributed by atoms with Gasteiger partial charge in [0.15, 0.2) is 0 Å².